The number of aryl methyl sites for hydroxylation is 2. The van der Waals surface area contributed by atoms with Crippen LogP contribution in [0.3, 0.4) is 0 Å². The number of nitrogens with zero attached hydrogens (tertiary/aromatic N) is 5. The fourth-order valence-electron chi connectivity index (χ4n) is 2.75. The SMILES string of the molecule is CCc1nc2n(n1)C[C@H](NCc1noc(C3CC3)n1)CC2. The molecule has 1 N–H and O–H groups in total. The van der Waals surface area contributed by atoms with E-state index in [2.05, 4.69) is 32.5 Å². The molecule has 21 heavy (non-hydrogen) atoms. The highest BCUT2D eigenvalue weighted by Crippen LogP contribution is 2.38. The summed E-state index contributed by atoms with van der Waals surface area (Å²) in [5.41, 5.74) is 0. The number of hydrogen-bond donors (Lipinski definition) is 1. The van der Waals surface area contributed by atoms with Crippen LogP contribution in [0.4, 0.5) is 0 Å². The Balaban J connectivity index is 1.34. The molecule has 1 fully saturated rings. The van der Waals surface area contributed by atoms with Gasteiger partial charge in [-0.2, -0.15) is 10.1 Å². The third kappa shape index (κ3) is 2.70. The van der Waals surface area contributed by atoms with Crippen LogP contribution >= 0.6 is 0 Å². The Morgan fingerprint density at radius 3 is 2.95 bits per heavy atom. The second-order valence-corrected chi connectivity index (χ2v) is 5.92. The predicted molar refractivity (Wildman–Crippen MR) is 74.6 cm³/mol. The molecule has 0 spiro atoms. The first-order valence-electron chi connectivity index (χ1n) is 7.80. The predicted octanol–water partition coefficient (Wildman–Crippen LogP) is 1.21. The van der Waals surface area contributed by atoms with Crippen LogP contribution in [-0.2, 0) is 25.9 Å². The van der Waals surface area contributed by atoms with Crippen molar-refractivity contribution < 1.29 is 4.52 Å². The molecular formula is C14H20N6O. The van der Waals surface area contributed by atoms with Crippen molar-refractivity contribution in [1.29, 1.82) is 0 Å². The molecule has 0 amide bonds. The average molecular weight is 288 g/mol. The molecule has 2 aromatic rings. The molecule has 0 saturated heterocycles. The van der Waals surface area contributed by atoms with Gasteiger partial charge in [0.2, 0.25) is 5.89 Å². The van der Waals surface area contributed by atoms with Crippen molar-refractivity contribution in [2.24, 2.45) is 0 Å². The number of rotatable bonds is 5. The third-order valence-electron chi connectivity index (χ3n) is 4.18. The van der Waals surface area contributed by atoms with Crippen LogP contribution in [0.25, 0.3) is 0 Å². The summed E-state index contributed by atoms with van der Waals surface area (Å²) in [5.74, 6) is 4.14. The number of aromatic nitrogens is 5. The molecule has 7 nitrogen and oxygen atoms in total. The van der Waals surface area contributed by atoms with Gasteiger partial charge in [0.1, 0.15) is 5.82 Å². The number of fused-ring (bicyclic) bond motifs is 1. The van der Waals surface area contributed by atoms with E-state index in [4.69, 9.17) is 4.52 Å². The molecule has 7 heteroatoms. The Morgan fingerprint density at radius 2 is 2.14 bits per heavy atom. The smallest absolute Gasteiger partial charge is 0.229 e. The summed E-state index contributed by atoms with van der Waals surface area (Å²) in [6.07, 6.45) is 5.32. The lowest BCUT2D eigenvalue weighted by molar-refractivity contribution is 0.345. The van der Waals surface area contributed by atoms with Gasteiger partial charge >= 0.3 is 0 Å². The molecule has 2 aliphatic rings. The Bertz CT molecular complexity index is 629. The quantitative estimate of drug-likeness (QED) is 0.890. The Labute approximate surface area is 123 Å². The molecule has 0 radical (unpaired) electrons. The Kier molecular flexibility index (Phi) is 3.21. The summed E-state index contributed by atoms with van der Waals surface area (Å²) in [7, 11) is 0. The largest absolute Gasteiger partial charge is 0.339 e. The average Bonchev–Trinajstić information content (AvgIpc) is 3.11. The molecule has 112 valence electrons. The fourth-order valence-corrected chi connectivity index (χ4v) is 2.75. The van der Waals surface area contributed by atoms with Gasteiger partial charge in [-0.3, -0.25) is 0 Å². The Morgan fingerprint density at radius 1 is 1.24 bits per heavy atom. The molecule has 0 aromatic carbocycles. The summed E-state index contributed by atoms with van der Waals surface area (Å²) in [5, 5.41) is 12.1. The molecule has 2 aromatic heterocycles. The van der Waals surface area contributed by atoms with Gasteiger partial charge in [0.15, 0.2) is 11.6 Å². The van der Waals surface area contributed by atoms with E-state index in [1.165, 1.54) is 12.8 Å². The van der Waals surface area contributed by atoms with Crippen LogP contribution in [0, 0.1) is 0 Å². The molecule has 4 rings (SSSR count). The van der Waals surface area contributed by atoms with Crippen molar-refractivity contribution in [3.8, 4) is 0 Å². The molecular weight excluding hydrogens is 268 g/mol. The Hall–Kier alpha value is -1.76. The lowest BCUT2D eigenvalue weighted by Crippen LogP contribution is -2.37. The summed E-state index contributed by atoms with van der Waals surface area (Å²) in [6.45, 7) is 3.62. The first-order valence-corrected chi connectivity index (χ1v) is 7.80. The fraction of sp³-hybridized carbons (Fsp3) is 0.714. The zero-order valence-corrected chi connectivity index (χ0v) is 12.2. The number of hydrogen-bond acceptors (Lipinski definition) is 6. The van der Waals surface area contributed by atoms with E-state index >= 15 is 0 Å². The van der Waals surface area contributed by atoms with Gasteiger partial charge in [-0.1, -0.05) is 12.1 Å². The maximum atomic E-state index is 5.27. The maximum Gasteiger partial charge on any atom is 0.229 e. The van der Waals surface area contributed by atoms with Crippen molar-refractivity contribution in [2.75, 3.05) is 0 Å². The first-order chi connectivity index (χ1) is 10.3. The standard InChI is InChI=1S/C14H20N6O/c1-2-11-16-13-6-5-10(8-20(13)18-11)15-7-12-17-14(21-19-12)9-3-4-9/h9-10,15H,2-8H2,1H3/t10-/m1/s1. The van der Waals surface area contributed by atoms with Gasteiger partial charge < -0.3 is 9.84 Å². The highest BCUT2D eigenvalue weighted by molar-refractivity contribution is 5.02. The van der Waals surface area contributed by atoms with E-state index in [1.807, 2.05) is 4.68 Å². The summed E-state index contributed by atoms with van der Waals surface area (Å²) in [6, 6.07) is 0.395. The second kappa shape index (κ2) is 5.22. The van der Waals surface area contributed by atoms with Crippen molar-refractivity contribution in [3.05, 3.63) is 23.4 Å². The summed E-state index contributed by atoms with van der Waals surface area (Å²) in [4.78, 5) is 8.98. The molecule has 1 aliphatic heterocycles. The van der Waals surface area contributed by atoms with E-state index < -0.39 is 0 Å². The van der Waals surface area contributed by atoms with Gasteiger partial charge in [0.25, 0.3) is 0 Å². The normalized spacial score (nSPS) is 21.5. The molecule has 1 aliphatic carbocycles. The lowest BCUT2D eigenvalue weighted by atomic mass is 10.1. The zero-order chi connectivity index (χ0) is 14.2. The van der Waals surface area contributed by atoms with E-state index in [9.17, 15) is 0 Å². The maximum absolute atomic E-state index is 5.27. The van der Waals surface area contributed by atoms with Gasteiger partial charge in [0.05, 0.1) is 13.1 Å². The van der Waals surface area contributed by atoms with Crippen LogP contribution in [-0.4, -0.2) is 30.9 Å². The van der Waals surface area contributed by atoms with Gasteiger partial charge in [-0.15, -0.1) is 0 Å². The summed E-state index contributed by atoms with van der Waals surface area (Å²) >= 11 is 0. The van der Waals surface area contributed by atoms with E-state index in [1.54, 1.807) is 0 Å². The molecule has 1 atom stereocenters. The monoisotopic (exact) mass is 288 g/mol. The van der Waals surface area contributed by atoms with Crippen LogP contribution in [0.15, 0.2) is 4.52 Å². The minimum absolute atomic E-state index is 0.395. The van der Waals surface area contributed by atoms with Crippen LogP contribution < -0.4 is 5.32 Å². The van der Waals surface area contributed by atoms with E-state index in [0.717, 1.165) is 49.2 Å². The van der Waals surface area contributed by atoms with E-state index in [-0.39, 0.29) is 0 Å². The van der Waals surface area contributed by atoms with Crippen molar-refractivity contribution in [3.63, 3.8) is 0 Å². The van der Waals surface area contributed by atoms with Crippen LogP contribution in [0.1, 0.15) is 55.5 Å². The topological polar surface area (TPSA) is 81.7 Å². The minimum atomic E-state index is 0.395. The minimum Gasteiger partial charge on any atom is -0.339 e. The van der Waals surface area contributed by atoms with Gasteiger partial charge in [-0.05, 0) is 19.3 Å². The molecule has 0 unspecified atom stereocenters. The van der Waals surface area contributed by atoms with Crippen molar-refractivity contribution in [1.82, 2.24) is 30.2 Å². The van der Waals surface area contributed by atoms with E-state index in [0.29, 0.717) is 18.5 Å². The van der Waals surface area contributed by atoms with Crippen molar-refractivity contribution >= 4 is 0 Å². The summed E-state index contributed by atoms with van der Waals surface area (Å²) < 4.78 is 7.31. The molecule has 3 heterocycles. The highest BCUT2D eigenvalue weighted by atomic mass is 16.5. The van der Waals surface area contributed by atoms with Gasteiger partial charge in [-0.25, -0.2) is 9.67 Å². The number of nitrogens with one attached hydrogen (secondary N) is 1. The highest BCUT2D eigenvalue weighted by Gasteiger charge is 2.29. The third-order valence-corrected chi connectivity index (χ3v) is 4.18. The van der Waals surface area contributed by atoms with Gasteiger partial charge in [0, 0.05) is 24.8 Å². The van der Waals surface area contributed by atoms with Crippen molar-refractivity contribution in [2.45, 2.75) is 64.1 Å². The molecule has 1 saturated carbocycles. The zero-order valence-electron chi connectivity index (χ0n) is 12.2. The second-order valence-electron chi connectivity index (χ2n) is 5.92. The first kappa shape index (κ1) is 12.9. The lowest BCUT2D eigenvalue weighted by Gasteiger charge is -2.22. The molecule has 0 bridgehead atoms. The van der Waals surface area contributed by atoms with Crippen LogP contribution in [0.5, 0.6) is 0 Å². The van der Waals surface area contributed by atoms with Crippen LogP contribution in [0.2, 0.25) is 0 Å².